The Morgan fingerprint density at radius 1 is 1.22 bits per heavy atom. The predicted molar refractivity (Wildman–Crippen MR) is 73.6 cm³/mol. The molecule has 0 saturated carbocycles. The monoisotopic (exact) mass is 244 g/mol. The molecule has 0 aliphatic carbocycles. The second-order valence-electron chi connectivity index (χ2n) is 4.71. The lowest BCUT2D eigenvalue weighted by molar-refractivity contribution is 0.183. The summed E-state index contributed by atoms with van der Waals surface area (Å²) in [6.45, 7) is 5.88. The van der Waals surface area contributed by atoms with E-state index in [1.165, 1.54) is 11.1 Å². The van der Waals surface area contributed by atoms with Crippen molar-refractivity contribution in [2.24, 2.45) is 0 Å². The van der Waals surface area contributed by atoms with E-state index in [9.17, 15) is 0 Å². The standard InChI is InChI=1S/C15H20N2O/c1-12(2)14-11-17(9-10-18-3)16-15(14)13-7-5-4-6-8-13/h4-8,11-12H,9-10H2,1-3H3. The van der Waals surface area contributed by atoms with Crippen LogP contribution in [0.3, 0.4) is 0 Å². The van der Waals surface area contributed by atoms with E-state index in [1.54, 1.807) is 7.11 Å². The maximum absolute atomic E-state index is 5.10. The van der Waals surface area contributed by atoms with E-state index in [1.807, 2.05) is 22.9 Å². The second kappa shape index (κ2) is 5.83. The van der Waals surface area contributed by atoms with Gasteiger partial charge in [0.2, 0.25) is 0 Å². The smallest absolute Gasteiger partial charge is 0.0957 e. The molecule has 3 heteroatoms. The van der Waals surface area contributed by atoms with Gasteiger partial charge in [-0.1, -0.05) is 44.2 Å². The minimum atomic E-state index is 0.469. The Morgan fingerprint density at radius 3 is 2.56 bits per heavy atom. The lowest BCUT2D eigenvalue weighted by Crippen LogP contribution is -2.04. The van der Waals surface area contributed by atoms with Crippen LogP contribution in [0.1, 0.15) is 25.3 Å². The van der Waals surface area contributed by atoms with Gasteiger partial charge in [0.1, 0.15) is 0 Å². The van der Waals surface area contributed by atoms with Gasteiger partial charge in [-0.3, -0.25) is 4.68 Å². The molecule has 1 heterocycles. The number of hydrogen-bond acceptors (Lipinski definition) is 2. The van der Waals surface area contributed by atoms with E-state index in [2.05, 4.69) is 37.3 Å². The highest BCUT2D eigenvalue weighted by Crippen LogP contribution is 2.27. The van der Waals surface area contributed by atoms with E-state index in [0.717, 1.165) is 12.2 Å². The van der Waals surface area contributed by atoms with Crippen molar-refractivity contribution in [1.82, 2.24) is 9.78 Å². The summed E-state index contributed by atoms with van der Waals surface area (Å²) in [5.74, 6) is 0.469. The van der Waals surface area contributed by atoms with Crippen LogP contribution < -0.4 is 0 Å². The molecule has 1 aromatic carbocycles. The molecule has 0 bridgehead atoms. The molecule has 0 saturated heterocycles. The van der Waals surface area contributed by atoms with Crippen molar-refractivity contribution in [2.45, 2.75) is 26.3 Å². The van der Waals surface area contributed by atoms with Crippen molar-refractivity contribution in [3.8, 4) is 11.3 Å². The van der Waals surface area contributed by atoms with E-state index in [4.69, 9.17) is 4.74 Å². The molecule has 18 heavy (non-hydrogen) atoms. The Hall–Kier alpha value is -1.61. The maximum Gasteiger partial charge on any atom is 0.0957 e. The highest BCUT2D eigenvalue weighted by Gasteiger charge is 2.13. The molecular weight excluding hydrogens is 224 g/mol. The van der Waals surface area contributed by atoms with Crippen LogP contribution in [0.5, 0.6) is 0 Å². The fraction of sp³-hybridized carbons (Fsp3) is 0.400. The molecule has 0 fully saturated rings. The largest absolute Gasteiger partial charge is 0.383 e. The summed E-state index contributed by atoms with van der Waals surface area (Å²) in [7, 11) is 1.71. The van der Waals surface area contributed by atoms with Gasteiger partial charge < -0.3 is 4.74 Å². The third-order valence-corrected chi connectivity index (χ3v) is 2.98. The first kappa shape index (κ1) is 12.8. The van der Waals surface area contributed by atoms with Crippen LogP contribution in [0.2, 0.25) is 0 Å². The molecule has 1 aromatic heterocycles. The van der Waals surface area contributed by atoms with Gasteiger partial charge in [-0.05, 0) is 5.92 Å². The predicted octanol–water partition coefficient (Wildman–Crippen LogP) is 3.32. The lowest BCUT2D eigenvalue weighted by atomic mass is 10.00. The molecule has 96 valence electrons. The van der Waals surface area contributed by atoms with Crippen molar-refractivity contribution in [3.05, 3.63) is 42.1 Å². The Bertz CT molecular complexity index is 488. The first-order chi connectivity index (χ1) is 8.72. The highest BCUT2D eigenvalue weighted by molar-refractivity contribution is 5.63. The molecule has 0 aliphatic rings. The number of benzene rings is 1. The van der Waals surface area contributed by atoms with Crippen LogP contribution in [-0.4, -0.2) is 23.5 Å². The first-order valence-electron chi connectivity index (χ1n) is 6.34. The molecule has 0 N–H and O–H groups in total. The van der Waals surface area contributed by atoms with Gasteiger partial charge in [-0.2, -0.15) is 5.10 Å². The summed E-state index contributed by atoms with van der Waals surface area (Å²) >= 11 is 0. The van der Waals surface area contributed by atoms with Gasteiger partial charge in [0.25, 0.3) is 0 Å². The van der Waals surface area contributed by atoms with E-state index >= 15 is 0 Å². The Balaban J connectivity index is 2.36. The van der Waals surface area contributed by atoms with Crippen molar-refractivity contribution in [2.75, 3.05) is 13.7 Å². The molecular formula is C15H20N2O. The zero-order valence-corrected chi connectivity index (χ0v) is 11.3. The normalized spacial score (nSPS) is 11.1. The first-order valence-corrected chi connectivity index (χ1v) is 6.34. The Labute approximate surface area is 108 Å². The molecule has 0 aliphatic heterocycles. The molecule has 0 atom stereocenters. The van der Waals surface area contributed by atoms with Crippen LogP contribution >= 0.6 is 0 Å². The van der Waals surface area contributed by atoms with E-state index < -0.39 is 0 Å². The lowest BCUT2D eigenvalue weighted by Gasteiger charge is -2.04. The number of aromatic nitrogens is 2. The summed E-state index contributed by atoms with van der Waals surface area (Å²) < 4.78 is 7.07. The van der Waals surface area contributed by atoms with Crippen LogP contribution in [0, 0.1) is 0 Å². The molecule has 2 rings (SSSR count). The van der Waals surface area contributed by atoms with Gasteiger partial charge in [-0.25, -0.2) is 0 Å². The van der Waals surface area contributed by atoms with Crippen LogP contribution in [0.4, 0.5) is 0 Å². The summed E-state index contributed by atoms with van der Waals surface area (Å²) in [6, 6.07) is 10.3. The summed E-state index contributed by atoms with van der Waals surface area (Å²) in [5, 5.41) is 4.68. The molecule has 3 nitrogen and oxygen atoms in total. The Kier molecular flexibility index (Phi) is 4.15. The van der Waals surface area contributed by atoms with Gasteiger partial charge in [-0.15, -0.1) is 0 Å². The van der Waals surface area contributed by atoms with Crippen LogP contribution in [0.15, 0.2) is 36.5 Å². The fourth-order valence-electron chi connectivity index (χ4n) is 1.98. The maximum atomic E-state index is 5.10. The van der Waals surface area contributed by atoms with Gasteiger partial charge >= 0.3 is 0 Å². The van der Waals surface area contributed by atoms with Crippen molar-refractivity contribution >= 4 is 0 Å². The molecule has 2 aromatic rings. The van der Waals surface area contributed by atoms with E-state index in [0.29, 0.717) is 12.5 Å². The minimum absolute atomic E-state index is 0.469. The number of methoxy groups -OCH3 is 1. The second-order valence-corrected chi connectivity index (χ2v) is 4.71. The third kappa shape index (κ3) is 2.79. The quantitative estimate of drug-likeness (QED) is 0.806. The van der Waals surface area contributed by atoms with Crippen molar-refractivity contribution < 1.29 is 4.74 Å². The average Bonchev–Trinajstić information content (AvgIpc) is 2.82. The number of rotatable bonds is 5. The van der Waals surface area contributed by atoms with Crippen molar-refractivity contribution in [1.29, 1.82) is 0 Å². The summed E-state index contributed by atoms with van der Waals surface area (Å²) in [4.78, 5) is 0. The zero-order valence-electron chi connectivity index (χ0n) is 11.3. The molecule has 0 radical (unpaired) electrons. The van der Waals surface area contributed by atoms with Crippen LogP contribution in [-0.2, 0) is 11.3 Å². The van der Waals surface area contributed by atoms with Crippen LogP contribution in [0.25, 0.3) is 11.3 Å². The van der Waals surface area contributed by atoms with Gasteiger partial charge in [0.15, 0.2) is 0 Å². The Morgan fingerprint density at radius 2 is 1.94 bits per heavy atom. The molecule has 0 unspecified atom stereocenters. The van der Waals surface area contributed by atoms with E-state index in [-0.39, 0.29) is 0 Å². The topological polar surface area (TPSA) is 27.1 Å². The number of hydrogen-bond donors (Lipinski definition) is 0. The van der Waals surface area contributed by atoms with Gasteiger partial charge in [0, 0.05) is 24.4 Å². The number of nitrogens with zero attached hydrogens (tertiary/aromatic N) is 2. The molecule has 0 amide bonds. The van der Waals surface area contributed by atoms with Crippen molar-refractivity contribution in [3.63, 3.8) is 0 Å². The SMILES string of the molecule is COCCn1cc(C(C)C)c(-c2ccccc2)n1. The zero-order chi connectivity index (χ0) is 13.0. The van der Waals surface area contributed by atoms with Gasteiger partial charge in [0.05, 0.1) is 18.8 Å². The summed E-state index contributed by atoms with van der Waals surface area (Å²) in [6.07, 6.45) is 2.13. The molecule has 0 spiro atoms. The summed E-state index contributed by atoms with van der Waals surface area (Å²) in [5.41, 5.74) is 3.55. The minimum Gasteiger partial charge on any atom is -0.383 e. The number of ether oxygens (including phenoxy) is 1. The third-order valence-electron chi connectivity index (χ3n) is 2.98. The average molecular weight is 244 g/mol. The highest BCUT2D eigenvalue weighted by atomic mass is 16.5. The fourth-order valence-corrected chi connectivity index (χ4v) is 1.98.